The van der Waals surface area contributed by atoms with E-state index in [9.17, 15) is 14.9 Å². The Bertz CT molecular complexity index is 1030. The van der Waals surface area contributed by atoms with E-state index in [-0.39, 0.29) is 12.3 Å². The smallest absolute Gasteiger partial charge is 0.272 e. The van der Waals surface area contributed by atoms with Gasteiger partial charge in [0.15, 0.2) is 0 Å². The first-order valence-corrected chi connectivity index (χ1v) is 8.32. The quantitative estimate of drug-likeness (QED) is 0.493. The molecule has 8 heteroatoms. The molecule has 0 aliphatic rings. The molecular formula is C19H15ClN2O5. The number of rotatable bonds is 5. The van der Waals surface area contributed by atoms with E-state index < -0.39 is 10.8 Å². The predicted molar refractivity (Wildman–Crippen MR) is 101 cm³/mol. The van der Waals surface area contributed by atoms with Crippen LogP contribution < -0.4 is 5.32 Å². The summed E-state index contributed by atoms with van der Waals surface area (Å²) in [6.45, 7) is 1.37. The SMILES string of the molecule is Cc1cc(C(=O)Nc2ccc(-c3ccc(CO)o3)c(Cl)c2)ccc1[N+](=O)[O-]. The molecular weight excluding hydrogens is 372 g/mol. The van der Waals surface area contributed by atoms with Gasteiger partial charge in [0.1, 0.15) is 18.1 Å². The fraction of sp³-hybridized carbons (Fsp3) is 0.105. The van der Waals surface area contributed by atoms with Crippen LogP contribution in [0.5, 0.6) is 0 Å². The number of aryl methyl sites for hydroxylation is 1. The van der Waals surface area contributed by atoms with Crippen LogP contribution in [0, 0.1) is 17.0 Å². The van der Waals surface area contributed by atoms with Crippen LogP contribution in [-0.2, 0) is 6.61 Å². The summed E-state index contributed by atoms with van der Waals surface area (Å²) >= 11 is 6.28. The van der Waals surface area contributed by atoms with Gasteiger partial charge in [-0.1, -0.05) is 11.6 Å². The van der Waals surface area contributed by atoms with Crippen molar-refractivity contribution in [2.75, 3.05) is 5.32 Å². The van der Waals surface area contributed by atoms with E-state index in [2.05, 4.69) is 5.32 Å². The van der Waals surface area contributed by atoms with Crippen molar-refractivity contribution in [1.82, 2.24) is 0 Å². The predicted octanol–water partition coefficient (Wildman–Crippen LogP) is 4.56. The Labute approximate surface area is 159 Å². The van der Waals surface area contributed by atoms with E-state index in [1.807, 2.05) is 0 Å². The highest BCUT2D eigenvalue weighted by atomic mass is 35.5. The van der Waals surface area contributed by atoms with Gasteiger partial charge in [-0.2, -0.15) is 0 Å². The number of hydrogen-bond donors (Lipinski definition) is 2. The van der Waals surface area contributed by atoms with Crippen molar-refractivity contribution >= 4 is 28.9 Å². The molecule has 1 heterocycles. The van der Waals surface area contributed by atoms with Crippen LogP contribution in [0.15, 0.2) is 52.9 Å². The monoisotopic (exact) mass is 386 g/mol. The van der Waals surface area contributed by atoms with Gasteiger partial charge in [0, 0.05) is 28.4 Å². The molecule has 0 atom stereocenters. The fourth-order valence-corrected chi connectivity index (χ4v) is 2.88. The van der Waals surface area contributed by atoms with Gasteiger partial charge in [0.05, 0.1) is 9.95 Å². The maximum absolute atomic E-state index is 12.4. The van der Waals surface area contributed by atoms with Crippen molar-refractivity contribution < 1.29 is 19.2 Å². The van der Waals surface area contributed by atoms with Gasteiger partial charge in [-0.15, -0.1) is 0 Å². The number of nitrogens with zero attached hydrogens (tertiary/aromatic N) is 1. The number of amides is 1. The number of aliphatic hydroxyl groups excluding tert-OH is 1. The van der Waals surface area contributed by atoms with Crippen molar-refractivity contribution in [2.24, 2.45) is 0 Å². The van der Waals surface area contributed by atoms with Gasteiger partial charge in [-0.3, -0.25) is 14.9 Å². The molecule has 0 saturated carbocycles. The lowest BCUT2D eigenvalue weighted by Gasteiger charge is -2.08. The summed E-state index contributed by atoms with van der Waals surface area (Å²) in [5.74, 6) is 0.525. The van der Waals surface area contributed by atoms with Gasteiger partial charge in [0.25, 0.3) is 11.6 Å². The highest BCUT2D eigenvalue weighted by molar-refractivity contribution is 6.33. The number of anilines is 1. The molecule has 0 aliphatic carbocycles. The third kappa shape index (κ3) is 3.99. The van der Waals surface area contributed by atoms with Crippen LogP contribution in [-0.4, -0.2) is 15.9 Å². The number of furan rings is 1. The molecule has 0 saturated heterocycles. The Kier molecular flexibility index (Phi) is 5.25. The molecule has 0 aliphatic heterocycles. The number of nitro benzene ring substituents is 1. The Morgan fingerprint density at radius 2 is 2.00 bits per heavy atom. The third-order valence-electron chi connectivity index (χ3n) is 3.97. The molecule has 1 amide bonds. The maximum Gasteiger partial charge on any atom is 0.272 e. The lowest BCUT2D eigenvalue weighted by Crippen LogP contribution is -2.12. The van der Waals surface area contributed by atoms with Crippen molar-refractivity contribution in [2.45, 2.75) is 13.5 Å². The van der Waals surface area contributed by atoms with Crippen molar-refractivity contribution in [1.29, 1.82) is 0 Å². The molecule has 0 unspecified atom stereocenters. The van der Waals surface area contributed by atoms with Crippen molar-refractivity contribution in [3.8, 4) is 11.3 Å². The standard InChI is InChI=1S/C19H15ClN2O5/c1-11-8-12(2-6-17(11)22(25)26)19(24)21-13-3-5-15(16(20)9-13)18-7-4-14(10-23)27-18/h2-9,23H,10H2,1H3,(H,21,24). The van der Waals surface area contributed by atoms with Crippen LogP contribution in [0.3, 0.4) is 0 Å². The van der Waals surface area contributed by atoms with Crippen LogP contribution in [0.4, 0.5) is 11.4 Å². The summed E-state index contributed by atoms with van der Waals surface area (Å²) in [6.07, 6.45) is 0. The van der Waals surface area contributed by atoms with E-state index in [0.29, 0.717) is 38.9 Å². The highest BCUT2D eigenvalue weighted by Gasteiger charge is 2.15. The maximum atomic E-state index is 12.4. The van der Waals surface area contributed by atoms with Gasteiger partial charge >= 0.3 is 0 Å². The average Bonchev–Trinajstić information content (AvgIpc) is 3.10. The van der Waals surface area contributed by atoms with E-state index in [1.165, 1.54) is 18.2 Å². The number of benzene rings is 2. The summed E-state index contributed by atoms with van der Waals surface area (Å²) < 4.78 is 5.46. The Morgan fingerprint density at radius 1 is 1.22 bits per heavy atom. The zero-order valence-corrected chi connectivity index (χ0v) is 15.0. The third-order valence-corrected chi connectivity index (χ3v) is 4.28. The van der Waals surface area contributed by atoms with Crippen molar-refractivity contribution in [3.05, 3.63) is 80.6 Å². The van der Waals surface area contributed by atoms with Crippen LogP contribution >= 0.6 is 11.6 Å². The molecule has 3 aromatic rings. The molecule has 0 radical (unpaired) electrons. The van der Waals surface area contributed by atoms with Crippen molar-refractivity contribution in [3.63, 3.8) is 0 Å². The number of hydrogen-bond acceptors (Lipinski definition) is 5. The second-order valence-electron chi connectivity index (χ2n) is 5.83. The summed E-state index contributed by atoms with van der Waals surface area (Å²) in [7, 11) is 0. The van der Waals surface area contributed by atoms with E-state index in [4.69, 9.17) is 21.1 Å². The molecule has 2 N–H and O–H groups in total. The minimum absolute atomic E-state index is 0.0420. The van der Waals surface area contributed by atoms with Crippen LogP contribution in [0.2, 0.25) is 5.02 Å². The molecule has 1 aromatic heterocycles. The molecule has 27 heavy (non-hydrogen) atoms. The minimum atomic E-state index is -0.494. The van der Waals surface area contributed by atoms with Gasteiger partial charge in [0.2, 0.25) is 0 Å². The summed E-state index contributed by atoms with van der Waals surface area (Å²) in [5, 5.41) is 23.0. The van der Waals surface area contributed by atoms with Crippen LogP contribution in [0.1, 0.15) is 21.7 Å². The zero-order chi connectivity index (χ0) is 19.6. The number of halogens is 1. The first kappa shape index (κ1) is 18.6. The number of nitrogens with one attached hydrogen (secondary N) is 1. The second kappa shape index (κ2) is 7.61. The number of nitro groups is 1. The first-order valence-electron chi connectivity index (χ1n) is 7.95. The fourth-order valence-electron chi connectivity index (χ4n) is 2.61. The Morgan fingerprint density at radius 3 is 2.59 bits per heavy atom. The molecule has 2 aromatic carbocycles. The topological polar surface area (TPSA) is 106 Å². The molecule has 138 valence electrons. The summed E-state index contributed by atoms with van der Waals surface area (Å²) in [6, 6.07) is 12.4. The number of carbonyl (C=O) groups is 1. The molecule has 0 bridgehead atoms. The van der Waals surface area contributed by atoms with Gasteiger partial charge < -0.3 is 14.8 Å². The molecule has 0 fully saturated rings. The highest BCUT2D eigenvalue weighted by Crippen LogP contribution is 2.32. The first-order chi connectivity index (χ1) is 12.9. The molecule has 7 nitrogen and oxygen atoms in total. The lowest BCUT2D eigenvalue weighted by atomic mass is 10.1. The zero-order valence-electron chi connectivity index (χ0n) is 14.2. The van der Waals surface area contributed by atoms with Crippen LogP contribution in [0.25, 0.3) is 11.3 Å². The summed E-state index contributed by atoms with van der Waals surface area (Å²) in [5.41, 5.74) is 1.76. The largest absolute Gasteiger partial charge is 0.459 e. The van der Waals surface area contributed by atoms with E-state index in [1.54, 1.807) is 37.3 Å². The van der Waals surface area contributed by atoms with E-state index in [0.717, 1.165) is 0 Å². The number of aliphatic hydroxyl groups is 1. The molecule has 3 rings (SSSR count). The number of carbonyl (C=O) groups excluding carboxylic acids is 1. The summed E-state index contributed by atoms with van der Waals surface area (Å²) in [4.78, 5) is 22.8. The van der Waals surface area contributed by atoms with Gasteiger partial charge in [-0.05, 0) is 49.4 Å². The average molecular weight is 387 g/mol. The Hall–Kier alpha value is -3.16. The normalized spacial score (nSPS) is 10.6. The van der Waals surface area contributed by atoms with E-state index >= 15 is 0 Å². The van der Waals surface area contributed by atoms with Gasteiger partial charge in [-0.25, -0.2) is 0 Å². The minimum Gasteiger partial charge on any atom is -0.459 e. The second-order valence-corrected chi connectivity index (χ2v) is 6.24. The Balaban J connectivity index is 1.79. The molecule has 0 spiro atoms. The lowest BCUT2D eigenvalue weighted by molar-refractivity contribution is -0.385.